The maximum atomic E-state index is 12.5. The lowest BCUT2D eigenvalue weighted by Gasteiger charge is -2.39. The molecule has 1 rings (SSSR count). The van der Waals surface area contributed by atoms with Crippen LogP contribution in [0.4, 0.5) is 18.0 Å². The zero-order chi connectivity index (χ0) is 16.4. The highest BCUT2D eigenvalue weighted by molar-refractivity contribution is 5.85. The van der Waals surface area contributed by atoms with Crippen LogP contribution in [0.1, 0.15) is 27.2 Å². The van der Waals surface area contributed by atoms with Gasteiger partial charge in [0.1, 0.15) is 5.54 Å². The van der Waals surface area contributed by atoms with E-state index < -0.39 is 29.3 Å². The van der Waals surface area contributed by atoms with Gasteiger partial charge in [-0.2, -0.15) is 13.2 Å². The van der Waals surface area contributed by atoms with Gasteiger partial charge in [-0.05, 0) is 27.2 Å². The molecule has 0 unspecified atom stereocenters. The second-order valence-corrected chi connectivity index (χ2v) is 5.31. The second-order valence-electron chi connectivity index (χ2n) is 5.31. The third-order valence-electron chi connectivity index (χ3n) is 3.59. The molecule has 2 amide bonds. The molecule has 0 atom stereocenters. The van der Waals surface area contributed by atoms with Crippen LogP contribution in [-0.2, 0) is 4.79 Å². The normalized spacial score (nSPS) is 16.5. The Hall–Kier alpha value is -1.73. The Labute approximate surface area is 121 Å². The van der Waals surface area contributed by atoms with Crippen LogP contribution in [0.3, 0.4) is 0 Å². The fraction of sp³-hybridized carbons (Fsp3) is 0.692. The van der Waals surface area contributed by atoms with Gasteiger partial charge in [0.15, 0.2) is 0 Å². The monoisotopic (exact) mass is 308 g/mol. The number of carbonyl (C=O) groups excluding carboxylic acids is 1. The molecule has 8 heteroatoms. The predicted octanol–water partition coefficient (Wildman–Crippen LogP) is 2.49. The van der Waals surface area contributed by atoms with Crippen molar-refractivity contribution in [3.8, 4) is 0 Å². The van der Waals surface area contributed by atoms with Crippen LogP contribution >= 0.6 is 0 Å². The summed E-state index contributed by atoms with van der Waals surface area (Å²) in [7, 11) is 0. The highest BCUT2D eigenvalue weighted by Gasteiger charge is 2.40. The summed E-state index contributed by atoms with van der Waals surface area (Å²) >= 11 is 0. The number of carbonyl (C=O) groups is 2. The topological polar surface area (TPSA) is 60.9 Å². The number of nitrogens with zero attached hydrogens (tertiary/aromatic N) is 2. The summed E-state index contributed by atoms with van der Waals surface area (Å²) in [6.07, 6.45) is -3.68. The van der Waals surface area contributed by atoms with Crippen LogP contribution in [0.15, 0.2) is 11.6 Å². The summed E-state index contributed by atoms with van der Waals surface area (Å²) < 4.78 is 37.6. The molecular formula is C13H19F3N2O3. The maximum Gasteiger partial charge on any atom is 0.412 e. The number of hydrogen-bond acceptors (Lipinski definition) is 2. The molecule has 0 fully saturated rings. The third kappa shape index (κ3) is 3.68. The van der Waals surface area contributed by atoms with Crippen molar-refractivity contribution in [1.29, 1.82) is 0 Å². The van der Waals surface area contributed by atoms with Crippen molar-refractivity contribution >= 4 is 12.0 Å². The number of carboxylic acids is 1. The standard InChI is InChI=1S/C13H19F3N2O3/c1-4-18(12(2,3)10(19)20)11(21)17-7-5-9(6-8-17)13(14,15)16/h5H,4,6-8H2,1-3H3,(H,19,20). The molecule has 0 saturated carbocycles. The van der Waals surface area contributed by atoms with Gasteiger partial charge in [-0.15, -0.1) is 0 Å². The smallest absolute Gasteiger partial charge is 0.412 e. The first-order chi connectivity index (χ1) is 9.51. The number of halogens is 3. The van der Waals surface area contributed by atoms with Gasteiger partial charge < -0.3 is 14.9 Å². The highest BCUT2D eigenvalue weighted by atomic mass is 19.4. The predicted molar refractivity (Wildman–Crippen MR) is 69.8 cm³/mol. The van der Waals surface area contributed by atoms with Gasteiger partial charge in [0, 0.05) is 25.2 Å². The van der Waals surface area contributed by atoms with Crippen molar-refractivity contribution in [3.63, 3.8) is 0 Å². The first kappa shape index (κ1) is 17.3. The Morgan fingerprint density at radius 2 is 1.95 bits per heavy atom. The molecule has 0 aromatic carbocycles. The first-order valence-electron chi connectivity index (χ1n) is 6.58. The fourth-order valence-corrected chi connectivity index (χ4v) is 2.16. The van der Waals surface area contributed by atoms with E-state index in [-0.39, 0.29) is 26.1 Å². The molecule has 0 bridgehead atoms. The number of carboxylic acid groups (broad SMARTS) is 1. The van der Waals surface area contributed by atoms with Crippen molar-refractivity contribution in [1.82, 2.24) is 9.80 Å². The Kier molecular flexibility index (Phi) is 4.91. The molecule has 0 saturated heterocycles. The van der Waals surface area contributed by atoms with E-state index in [1.807, 2.05) is 0 Å². The number of aliphatic carboxylic acids is 1. The number of hydrogen-bond donors (Lipinski definition) is 1. The van der Waals surface area contributed by atoms with Crippen molar-refractivity contribution in [2.45, 2.75) is 38.9 Å². The molecular weight excluding hydrogens is 289 g/mol. The van der Waals surface area contributed by atoms with Crippen molar-refractivity contribution in [2.24, 2.45) is 0 Å². The zero-order valence-corrected chi connectivity index (χ0v) is 12.2. The van der Waals surface area contributed by atoms with Crippen molar-refractivity contribution < 1.29 is 27.9 Å². The Morgan fingerprint density at radius 3 is 2.29 bits per heavy atom. The lowest BCUT2D eigenvalue weighted by molar-refractivity contribution is -0.147. The van der Waals surface area contributed by atoms with Gasteiger partial charge in [0.05, 0.1) is 0 Å². The Bertz CT molecular complexity index is 458. The molecule has 0 aliphatic carbocycles. The SMILES string of the molecule is CCN(C(=O)N1CC=C(C(F)(F)F)CC1)C(C)(C)C(=O)O. The number of rotatable bonds is 3. The van der Waals surface area contributed by atoms with E-state index in [1.165, 1.54) is 18.7 Å². The lowest BCUT2D eigenvalue weighted by atomic mass is 10.0. The summed E-state index contributed by atoms with van der Waals surface area (Å²) in [6.45, 7) is 4.32. The summed E-state index contributed by atoms with van der Waals surface area (Å²) in [5.74, 6) is -1.17. The van der Waals surface area contributed by atoms with Crippen LogP contribution in [0.2, 0.25) is 0 Å². The van der Waals surface area contributed by atoms with Gasteiger partial charge in [-0.3, -0.25) is 0 Å². The fourth-order valence-electron chi connectivity index (χ4n) is 2.16. The van der Waals surface area contributed by atoms with Crippen LogP contribution in [0.5, 0.6) is 0 Å². The van der Waals surface area contributed by atoms with Crippen LogP contribution in [0.25, 0.3) is 0 Å². The van der Waals surface area contributed by atoms with E-state index in [4.69, 9.17) is 5.11 Å². The molecule has 0 radical (unpaired) electrons. The van der Waals surface area contributed by atoms with Crippen LogP contribution < -0.4 is 0 Å². The molecule has 1 aliphatic rings. The quantitative estimate of drug-likeness (QED) is 0.815. The maximum absolute atomic E-state index is 12.5. The van der Waals surface area contributed by atoms with E-state index in [2.05, 4.69) is 0 Å². The minimum absolute atomic E-state index is 0.0730. The number of alkyl halides is 3. The average Bonchev–Trinajstić information content (AvgIpc) is 2.38. The molecule has 1 aliphatic heterocycles. The third-order valence-corrected chi connectivity index (χ3v) is 3.59. The van der Waals surface area contributed by atoms with E-state index in [0.717, 1.165) is 11.0 Å². The number of likely N-dealkylation sites (N-methyl/N-ethyl adjacent to an activating group) is 1. The van der Waals surface area contributed by atoms with E-state index in [0.29, 0.717) is 0 Å². The molecule has 120 valence electrons. The molecule has 21 heavy (non-hydrogen) atoms. The lowest BCUT2D eigenvalue weighted by Crippen LogP contribution is -2.57. The molecule has 0 spiro atoms. The zero-order valence-electron chi connectivity index (χ0n) is 12.2. The van der Waals surface area contributed by atoms with E-state index in [1.54, 1.807) is 6.92 Å². The molecule has 5 nitrogen and oxygen atoms in total. The van der Waals surface area contributed by atoms with Gasteiger partial charge in [0.2, 0.25) is 0 Å². The molecule has 1 heterocycles. The number of amides is 2. The average molecular weight is 308 g/mol. The summed E-state index contributed by atoms with van der Waals surface area (Å²) in [4.78, 5) is 25.9. The van der Waals surface area contributed by atoms with Gasteiger partial charge in [0.25, 0.3) is 0 Å². The van der Waals surface area contributed by atoms with Crippen molar-refractivity contribution in [2.75, 3.05) is 19.6 Å². The molecule has 1 N–H and O–H groups in total. The summed E-state index contributed by atoms with van der Waals surface area (Å²) in [5, 5.41) is 9.17. The van der Waals surface area contributed by atoms with Gasteiger partial charge in [-0.25, -0.2) is 9.59 Å². The van der Waals surface area contributed by atoms with Crippen LogP contribution in [-0.4, -0.2) is 58.3 Å². The largest absolute Gasteiger partial charge is 0.480 e. The van der Waals surface area contributed by atoms with Crippen molar-refractivity contribution in [3.05, 3.63) is 11.6 Å². The van der Waals surface area contributed by atoms with Crippen LogP contribution in [0, 0.1) is 0 Å². The Balaban J connectivity index is 2.86. The molecule has 0 aromatic rings. The minimum Gasteiger partial charge on any atom is -0.480 e. The minimum atomic E-state index is -4.38. The van der Waals surface area contributed by atoms with E-state index in [9.17, 15) is 22.8 Å². The second kappa shape index (κ2) is 5.95. The van der Waals surface area contributed by atoms with Gasteiger partial charge in [-0.1, -0.05) is 6.08 Å². The Morgan fingerprint density at radius 1 is 1.38 bits per heavy atom. The number of urea groups is 1. The summed E-state index contributed by atoms with van der Waals surface area (Å²) in [5.41, 5.74) is -2.06. The van der Waals surface area contributed by atoms with E-state index >= 15 is 0 Å². The van der Waals surface area contributed by atoms with Gasteiger partial charge >= 0.3 is 18.2 Å². The summed E-state index contributed by atoms with van der Waals surface area (Å²) in [6, 6.07) is -0.567. The molecule has 0 aromatic heterocycles. The first-order valence-corrected chi connectivity index (χ1v) is 6.58. The highest BCUT2D eigenvalue weighted by Crippen LogP contribution is 2.30.